The van der Waals surface area contributed by atoms with E-state index in [2.05, 4.69) is 5.10 Å². The van der Waals surface area contributed by atoms with Crippen LogP contribution in [0.4, 0.5) is 0 Å². The van der Waals surface area contributed by atoms with Crippen molar-refractivity contribution in [3.8, 4) is 0 Å². The van der Waals surface area contributed by atoms with Crippen LogP contribution in [0.3, 0.4) is 0 Å². The fourth-order valence-corrected chi connectivity index (χ4v) is 2.73. The van der Waals surface area contributed by atoms with Gasteiger partial charge in [0.2, 0.25) is 10.0 Å². The number of hydrogen-bond acceptors (Lipinski definition) is 4. The minimum atomic E-state index is -3.50. The molecule has 0 amide bonds. The number of nitrogens with zero attached hydrogens (tertiary/aromatic N) is 2. The van der Waals surface area contributed by atoms with E-state index in [4.69, 9.17) is 9.88 Å². The van der Waals surface area contributed by atoms with Gasteiger partial charge in [-0.05, 0) is 19.8 Å². The zero-order chi connectivity index (χ0) is 12.5. The Hall–Kier alpha value is -0.920. The normalized spacial score (nSPS) is 18.5. The Kier molecular flexibility index (Phi) is 3.50. The predicted octanol–water partition coefficient (Wildman–Crippen LogP) is 0.332. The molecule has 1 saturated heterocycles. The van der Waals surface area contributed by atoms with Crippen LogP contribution >= 0.6 is 0 Å². The summed E-state index contributed by atoms with van der Waals surface area (Å²) in [6.07, 6.45) is 3.61. The second-order valence-corrected chi connectivity index (χ2v) is 5.98. The molecule has 2 N–H and O–H groups in total. The number of aromatic nitrogens is 2. The summed E-state index contributed by atoms with van der Waals surface area (Å²) in [5, 5.41) is 9.40. The van der Waals surface area contributed by atoms with Crippen molar-refractivity contribution in [2.24, 2.45) is 5.14 Å². The first kappa shape index (κ1) is 12.5. The fraction of sp³-hybridized carbons (Fsp3) is 0.700. The monoisotopic (exact) mass is 259 g/mol. The molecule has 0 spiro atoms. The molecule has 0 aromatic carbocycles. The topological polar surface area (TPSA) is 87.2 Å². The van der Waals surface area contributed by atoms with Crippen molar-refractivity contribution in [1.29, 1.82) is 0 Å². The molecule has 0 aliphatic carbocycles. The Morgan fingerprint density at radius 2 is 2.18 bits per heavy atom. The summed E-state index contributed by atoms with van der Waals surface area (Å²) in [7, 11) is -3.50. The minimum absolute atomic E-state index is 0.151. The van der Waals surface area contributed by atoms with Crippen LogP contribution in [0.15, 0.2) is 6.20 Å². The molecule has 6 nitrogen and oxygen atoms in total. The lowest BCUT2D eigenvalue weighted by Crippen LogP contribution is -2.20. The van der Waals surface area contributed by atoms with Crippen molar-refractivity contribution in [1.82, 2.24) is 9.78 Å². The first-order valence-corrected chi connectivity index (χ1v) is 7.30. The maximum atomic E-state index is 11.1. The molecular formula is C10H17N3O3S. The fourth-order valence-electron chi connectivity index (χ4n) is 2.01. The van der Waals surface area contributed by atoms with Gasteiger partial charge in [0.15, 0.2) is 0 Å². The largest absolute Gasteiger partial charge is 0.381 e. The van der Waals surface area contributed by atoms with Crippen LogP contribution in [0.1, 0.15) is 30.1 Å². The standard InChI is InChI=1S/C10H17N3O3S/c1-8-9(7-17(11,14)15)6-13(12-8)10-2-4-16-5-3-10/h6,10H,2-5,7H2,1H3,(H2,11,14,15). The summed E-state index contributed by atoms with van der Waals surface area (Å²) >= 11 is 0. The molecule has 0 atom stereocenters. The lowest BCUT2D eigenvalue weighted by Gasteiger charge is -2.22. The van der Waals surface area contributed by atoms with Gasteiger partial charge in [0.1, 0.15) is 0 Å². The Labute approximate surface area is 101 Å². The van der Waals surface area contributed by atoms with E-state index >= 15 is 0 Å². The highest BCUT2D eigenvalue weighted by molar-refractivity contribution is 7.88. The molecule has 7 heteroatoms. The third-order valence-corrected chi connectivity index (χ3v) is 3.65. The van der Waals surface area contributed by atoms with Crippen LogP contribution in [0.5, 0.6) is 0 Å². The molecule has 96 valence electrons. The van der Waals surface area contributed by atoms with Gasteiger partial charge in [-0.15, -0.1) is 0 Å². The van der Waals surface area contributed by atoms with Crippen molar-refractivity contribution in [2.45, 2.75) is 31.6 Å². The quantitative estimate of drug-likeness (QED) is 0.847. The van der Waals surface area contributed by atoms with Crippen LogP contribution in [-0.4, -0.2) is 31.4 Å². The van der Waals surface area contributed by atoms with Crippen molar-refractivity contribution >= 4 is 10.0 Å². The molecule has 1 aromatic heterocycles. The molecule has 17 heavy (non-hydrogen) atoms. The van der Waals surface area contributed by atoms with Gasteiger partial charge in [-0.1, -0.05) is 0 Å². The van der Waals surface area contributed by atoms with Gasteiger partial charge in [0.05, 0.1) is 17.5 Å². The summed E-state index contributed by atoms with van der Waals surface area (Å²) in [6.45, 7) is 3.26. The molecule has 0 unspecified atom stereocenters. The van der Waals surface area contributed by atoms with E-state index in [0.717, 1.165) is 31.7 Å². The van der Waals surface area contributed by atoms with Gasteiger partial charge >= 0.3 is 0 Å². The molecule has 1 aliphatic rings. The van der Waals surface area contributed by atoms with Crippen LogP contribution in [-0.2, 0) is 20.5 Å². The highest BCUT2D eigenvalue weighted by Crippen LogP contribution is 2.21. The SMILES string of the molecule is Cc1nn(C2CCOCC2)cc1CS(N)(=O)=O. The number of hydrogen-bond donors (Lipinski definition) is 1. The first-order chi connectivity index (χ1) is 7.96. The van der Waals surface area contributed by atoms with E-state index in [9.17, 15) is 8.42 Å². The summed E-state index contributed by atoms with van der Waals surface area (Å²) in [6, 6.07) is 0.302. The predicted molar refractivity (Wildman–Crippen MR) is 62.9 cm³/mol. The highest BCUT2D eigenvalue weighted by atomic mass is 32.2. The van der Waals surface area contributed by atoms with Crippen LogP contribution in [0.25, 0.3) is 0 Å². The highest BCUT2D eigenvalue weighted by Gasteiger charge is 2.19. The molecule has 2 rings (SSSR count). The maximum absolute atomic E-state index is 11.1. The number of sulfonamides is 1. The third-order valence-electron chi connectivity index (χ3n) is 2.94. The second-order valence-electron chi connectivity index (χ2n) is 4.37. The van der Waals surface area contributed by atoms with Crippen molar-refractivity contribution in [3.05, 3.63) is 17.5 Å². The van der Waals surface area contributed by atoms with Crippen LogP contribution < -0.4 is 5.14 Å². The maximum Gasteiger partial charge on any atom is 0.213 e. The third kappa shape index (κ3) is 3.27. The average Bonchev–Trinajstić information content (AvgIpc) is 2.59. The summed E-state index contributed by atoms with van der Waals surface area (Å²) in [5.41, 5.74) is 1.41. The Bertz CT molecular complexity index is 489. The summed E-state index contributed by atoms with van der Waals surface area (Å²) < 4.78 is 29.2. The number of nitrogens with two attached hydrogens (primary N) is 1. The van der Waals surface area contributed by atoms with E-state index in [1.807, 2.05) is 4.68 Å². The minimum Gasteiger partial charge on any atom is -0.381 e. The molecular weight excluding hydrogens is 242 g/mol. The average molecular weight is 259 g/mol. The Morgan fingerprint density at radius 1 is 1.53 bits per heavy atom. The molecule has 1 aromatic rings. The van der Waals surface area contributed by atoms with Gasteiger partial charge in [0, 0.05) is 25.0 Å². The van der Waals surface area contributed by atoms with E-state index in [-0.39, 0.29) is 5.75 Å². The van der Waals surface area contributed by atoms with Crippen molar-refractivity contribution in [3.63, 3.8) is 0 Å². The molecule has 1 aliphatic heterocycles. The second kappa shape index (κ2) is 4.75. The first-order valence-electron chi connectivity index (χ1n) is 5.58. The number of aryl methyl sites for hydroxylation is 1. The summed E-state index contributed by atoms with van der Waals surface area (Å²) in [5.74, 6) is -0.151. The van der Waals surface area contributed by atoms with E-state index in [1.54, 1.807) is 13.1 Å². The molecule has 2 heterocycles. The number of ether oxygens (including phenoxy) is 1. The van der Waals surface area contributed by atoms with Gasteiger partial charge in [-0.2, -0.15) is 5.10 Å². The van der Waals surface area contributed by atoms with Crippen molar-refractivity contribution in [2.75, 3.05) is 13.2 Å². The molecule has 0 radical (unpaired) electrons. The Balaban J connectivity index is 2.17. The van der Waals surface area contributed by atoms with Crippen LogP contribution in [0, 0.1) is 6.92 Å². The van der Waals surface area contributed by atoms with E-state index in [1.165, 1.54) is 0 Å². The van der Waals surface area contributed by atoms with Crippen molar-refractivity contribution < 1.29 is 13.2 Å². The van der Waals surface area contributed by atoms with Crippen LogP contribution in [0.2, 0.25) is 0 Å². The van der Waals surface area contributed by atoms with Gasteiger partial charge in [-0.25, -0.2) is 13.6 Å². The van der Waals surface area contributed by atoms with Gasteiger partial charge < -0.3 is 4.74 Å². The molecule has 0 saturated carbocycles. The zero-order valence-electron chi connectivity index (χ0n) is 9.80. The number of primary sulfonamides is 1. The smallest absolute Gasteiger partial charge is 0.213 e. The Morgan fingerprint density at radius 3 is 2.76 bits per heavy atom. The van der Waals surface area contributed by atoms with Gasteiger partial charge in [0.25, 0.3) is 0 Å². The molecule has 0 bridgehead atoms. The molecule has 1 fully saturated rings. The van der Waals surface area contributed by atoms with E-state index < -0.39 is 10.0 Å². The lowest BCUT2D eigenvalue weighted by atomic mass is 10.1. The van der Waals surface area contributed by atoms with E-state index in [0.29, 0.717) is 11.6 Å². The number of rotatable bonds is 3. The summed E-state index contributed by atoms with van der Waals surface area (Å²) in [4.78, 5) is 0. The lowest BCUT2D eigenvalue weighted by molar-refractivity contribution is 0.0661. The zero-order valence-corrected chi connectivity index (χ0v) is 10.6. The van der Waals surface area contributed by atoms with Gasteiger partial charge in [-0.3, -0.25) is 4.68 Å².